The molecule has 0 bridgehead atoms. The molecule has 1 fully saturated rings. The fourth-order valence-corrected chi connectivity index (χ4v) is 2.41. The van der Waals surface area contributed by atoms with Crippen molar-refractivity contribution < 1.29 is 9.59 Å². The molecule has 1 rings (SSSR count). The summed E-state index contributed by atoms with van der Waals surface area (Å²) >= 11 is 0. The smallest absolute Gasteiger partial charge is 0.237 e. The molecule has 0 aromatic heterocycles. The quantitative estimate of drug-likeness (QED) is 0.690. The predicted molar refractivity (Wildman–Crippen MR) is 61.3 cm³/mol. The molecular formula is C11H21N3O2. The first-order valence-electron chi connectivity index (χ1n) is 5.79. The Balaban J connectivity index is 2.59. The average Bonchev–Trinajstić information content (AvgIpc) is 2.27. The van der Waals surface area contributed by atoms with Crippen molar-refractivity contribution in [3.63, 3.8) is 0 Å². The van der Waals surface area contributed by atoms with Gasteiger partial charge >= 0.3 is 0 Å². The van der Waals surface area contributed by atoms with Crippen LogP contribution in [-0.4, -0.2) is 36.9 Å². The fraction of sp³-hybridized carbons (Fsp3) is 0.818. The molecule has 0 heterocycles. The molecule has 0 radical (unpaired) electrons. The van der Waals surface area contributed by atoms with Gasteiger partial charge in [0.25, 0.3) is 0 Å². The van der Waals surface area contributed by atoms with Crippen molar-refractivity contribution in [3.05, 3.63) is 0 Å². The van der Waals surface area contributed by atoms with Crippen LogP contribution in [0.5, 0.6) is 0 Å². The molecule has 5 heteroatoms. The van der Waals surface area contributed by atoms with Gasteiger partial charge in [-0.2, -0.15) is 0 Å². The summed E-state index contributed by atoms with van der Waals surface area (Å²) in [7, 11) is 1.62. The second-order valence-corrected chi connectivity index (χ2v) is 4.55. The molecule has 16 heavy (non-hydrogen) atoms. The van der Waals surface area contributed by atoms with Crippen LogP contribution in [-0.2, 0) is 9.59 Å². The molecule has 0 aromatic rings. The van der Waals surface area contributed by atoms with Crippen LogP contribution < -0.4 is 11.5 Å². The lowest BCUT2D eigenvalue weighted by Crippen LogP contribution is -2.43. The highest BCUT2D eigenvalue weighted by molar-refractivity contribution is 5.85. The van der Waals surface area contributed by atoms with E-state index in [2.05, 4.69) is 0 Å². The van der Waals surface area contributed by atoms with Crippen molar-refractivity contribution in [2.24, 2.45) is 23.3 Å². The Hall–Kier alpha value is -1.10. The molecule has 92 valence electrons. The van der Waals surface area contributed by atoms with Crippen LogP contribution in [0.1, 0.15) is 25.7 Å². The summed E-state index contributed by atoms with van der Waals surface area (Å²) in [6.45, 7) is 0.535. The van der Waals surface area contributed by atoms with E-state index in [-0.39, 0.29) is 24.3 Å². The number of nitrogens with two attached hydrogens (primary N) is 2. The zero-order valence-electron chi connectivity index (χ0n) is 9.82. The predicted octanol–water partition coefficient (Wildman–Crippen LogP) is -0.305. The van der Waals surface area contributed by atoms with E-state index in [0.717, 1.165) is 25.7 Å². The van der Waals surface area contributed by atoms with Crippen LogP contribution in [0.15, 0.2) is 0 Å². The van der Waals surface area contributed by atoms with Gasteiger partial charge in [0.2, 0.25) is 11.8 Å². The van der Waals surface area contributed by atoms with Crippen molar-refractivity contribution in [2.75, 3.05) is 20.1 Å². The van der Waals surface area contributed by atoms with E-state index in [0.29, 0.717) is 6.54 Å². The number of rotatable bonds is 4. The lowest BCUT2D eigenvalue weighted by molar-refractivity contribution is -0.139. The second-order valence-electron chi connectivity index (χ2n) is 4.55. The maximum atomic E-state index is 12.1. The number of nitrogens with zero attached hydrogens (tertiary/aromatic N) is 1. The molecule has 5 nitrogen and oxygen atoms in total. The van der Waals surface area contributed by atoms with Gasteiger partial charge in [-0.1, -0.05) is 12.8 Å². The molecule has 1 aliphatic carbocycles. The Morgan fingerprint density at radius 3 is 2.50 bits per heavy atom. The lowest BCUT2D eigenvalue weighted by atomic mass is 9.78. The van der Waals surface area contributed by atoms with E-state index in [1.165, 1.54) is 4.90 Å². The van der Waals surface area contributed by atoms with E-state index in [1.54, 1.807) is 7.05 Å². The monoisotopic (exact) mass is 227 g/mol. The van der Waals surface area contributed by atoms with E-state index >= 15 is 0 Å². The number of amides is 2. The highest BCUT2D eigenvalue weighted by Gasteiger charge is 2.31. The van der Waals surface area contributed by atoms with Crippen molar-refractivity contribution in [3.8, 4) is 0 Å². The highest BCUT2D eigenvalue weighted by Crippen LogP contribution is 2.30. The van der Waals surface area contributed by atoms with Crippen LogP contribution in [0.3, 0.4) is 0 Å². The molecule has 2 atom stereocenters. The molecule has 0 aliphatic heterocycles. The van der Waals surface area contributed by atoms with Crippen molar-refractivity contribution in [2.45, 2.75) is 25.7 Å². The van der Waals surface area contributed by atoms with Gasteiger partial charge in [-0.05, 0) is 25.3 Å². The van der Waals surface area contributed by atoms with E-state index < -0.39 is 5.91 Å². The molecule has 0 spiro atoms. The van der Waals surface area contributed by atoms with Crippen molar-refractivity contribution >= 4 is 11.8 Å². The maximum Gasteiger partial charge on any atom is 0.237 e. The lowest BCUT2D eigenvalue weighted by Gasteiger charge is -2.32. The minimum atomic E-state index is -0.476. The van der Waals surface area contributed by atoms with Gasteiger partial charge in [-0.3, -0.25) is 9.59 Å². The highest BCUT2D eigenvalue weighted by atomic mass is 16.2. The van der Waals surface area contributed by atoms with Gasteiger partial charge in [-0.25, -0.2) is 0 Å². The SMILES string of the molecule is CN(CC(N)=O)C(=O)C1CCCCC1CN. The Kier molecular flexibility index (Phi) is 4.73. The Morgan fingerprint density at radius 2 is 1.94 bits per heavy atom. The summed E-state index contributed by atoms with van der Waals surface area (Å²) in [4.78, 5) is 24.2. The van der Waals surface area contributed by atoms with Crippen LogP contribution in [0.4, 0.5) is 0 Å². The number of hydrogen-bond acceptors (Lipinski definition) is 3. The number of likely N-dealkylation sites (N-methyl/N-ethyl adjacent to an activating group) is 1. The average molecular weight is 227 g/mol. The first kappa shape index (κ1) is 13.0. The molecule has 0 aromatic carbocycles. The molecule has 1 aliphatic rings. The number of hydrogen-bond donors (Lipinski definition) is 2. The van der Waals surface area contributed by atoms with Gasteiger partial charge in [0.05, 0.1) is 6.54 Å². The molecule has 2 amide bonds. The Bertz CT molecular complexity index is 268. The van der Waals surface area contributed by atoms with E-state index in [1.807, 2.05) is 0 Å². The first-order chi connectivity index (χ1) is 7.56. The summed E-state index contributed by atoms with van der Waals surface area (Å²) in [6, 6.07) is 0. The standard InChI is InChI=1S/C11H21N3O2/c1-14(7-10(13)15)11(16)9-5-3-2-4-8(9)6-12/h8-9H,2-7,12H2,1H3,(H2,13,15). The third-order valence-corrected chi connectivity index (χ3v) is 3.30. The maximum absolute atomic E-state index is 12.1. The summed E-state index contributed by atoms with van der Waals surface area (Å²) in [5.41, 5.74) is 10.7. The first-order valence-corrected chi connectivity index (χ1v) is 5.79. The third kappa shape index (κ3) is 3.20. The molecule has 1 saturated carbocycles. The van der Waals surface area contributed by atoms with Crippen molar-refractivity contribution in [1.29, 1.82) is 0 Å². The molecule has 0 saturated heterocycles. The van der Waals surface area contributed by atoms with Gasteiger partial charge in [-0.15, -0.1) is 0 Å². The second kappa shape index (κ2) is 5.84. The summed E-state index contributed by atoms with van der Waals surface area (Å²) in [5, 5.41) is 0. The van der Waals surface area contributed by atoms with Crippen molar-refractivity contribution in [1.82, 2.24) is 4.90 Å². The fourth-order valence-electron chi connectivity index (χ4n) is 2.41. The largest absolute Gasteiger partial charge is 0.368 e. The van der Waals surface area contributed by atoms with Crippen LogP contribution in [0.25, 0.3) is 0 Å². The molecular weight excluding hydrogens is 206 g/mol. The van der Waals surface area contributed by atoms with Gasteiger partial charge in [0.1, 0.15) is 0 Å². The number of carbonyl (C=O) groups excluding carboxylic acids is 2. The topological polar surface area (TPSA) is 89.4 Å². The van der Waals surface area contributed by atoms with Crippen LogP contribution >= 0.6 is 0 Å². The van der Waals surface area contributed by atoms with Gasteiger partial charge in [0, 0.05) is 13.0 Å². The van der Waals surface area contributed by atoms with Crippen LogP contribution in [0.2, 0.25) is 0 Å². The Labute approximate surface area is 96.1 Å². The minimum absolute atomic E-state index is 0.00732. The van der Waals surface area contributed by atoms with Gasteiger partial charge < -0.3 is 16.4 Å². The summed E-state index contributed by atoms with van der Waals surface area (Å²) in [6.07, 6.45) is 4.10. The minimum Gasteiger partial charge on any atom is -0.368 e. The van der Waals surface area contributed by atoms with Crippen LogP contribution in [0, 0.1) is 11.8 Å². The third-order valence-electron chi connectivity index (χ3n) is 3.30. The summed E-state index contributed by atoms with van der Waals surface area (Å²) in [5.74, 6) is -0.232. The number of carbonyl (C=O) groups is 2. The molecule has 4 N–H and O–H groups in total. The zero-order chi connectivity index (χ0) is 12.1. The molecule has 2 unspecified atom stereocenters. The Morgan fingerprint density at radius 1 is 1.31 bits per heavy atom. The number of primary amides is 1. The normalized spacial score (nSPS) is 25.1. The zero-order valence-corrected chi connectivity index (χ0v) is 9.82. The summed E-state index contributed by atoms with van der Waals surface area (Å²) < 4.78 is 0. The van der Waals surface area contributed by atoms with E-state index in [4.69, 9.17) is 11.5 Å². The van der Waals surface area contributed by atoms with E-state index in [9.17, 15) is 9.59 Å². The van der Waals surface area contributed by atoms with Gasteiger partial charge in [0.15, 0.2) is 0 Å².